The summed E-state index contributed by atoms with van der Waals surface area (Å²) in [6.45, 7) is 5.89. The minimum Gasteiger partial charge on any atom is -0.481 e. The van der Waals surface area contributed by atoms with Crippen LogP contribution < -0.4 is 16.0 Å². The number of Topliss-reactive ketones (excluding diaryl/α,β-unsaturated/α-hetero) is 1. The molecule has 0 aromatic carbocycles. The minimum atomic E-state index is -1.17. The van der Waals surface area contributed by atoms with Crippen LogP contribution in [0.25, 0.3) is 0 Å². The molecule has 0 aliphatic rings. The number of ketones is 1. The van der Waals surface area contributed by atoms with E-state index in [0.29, 0.717) is 32.8 Å². The highest BCUT2D eigenvalue weighted by molar-refractivity contribution is 5.84. The van der Waals surface area contributed by atoms with Crippen LogP contribution in [0.4, 0.5) is 0 Å². The van der Waals surface area contributed by atoms with Gasteiger partial charge in [-0.2, -0.15) is 0 Å². The normalized spacial score (nSPS) is 12.2. The summed E-state index contributed by atoms with van der Waals surface area (Å²) in [5.41, 5.74) is 0. The smallest absolute Gasteiger partial charge is 0.326 e. The molecule has 0 heterocycles. The highest BCUT2D eigenvalue weighted by Gasteiger charge is 2.21. The van der Waals surface area contributed by atoms with Gasteiger partial charge in [0.25, 0.3) is 0 Å². The zero-order valence-electron chi connectivity index (χ0n) is 34.6. The highest BCUT2D eigenvalue weighted by atomic mass is 16.5. The van der Waals surface area contributed by atoms with Gasteiger partial charge in [0.15, 0.2) is 5.78 Å². The van der Waals surface area contributed by atoms with Crippen LogP contribution in [0, 0.1) is 5.92 Å². The lowest BCUT2D eigenvalue weighted by atomic mass is 10.0. The third-order valence-electron chi connectivity index (χ3n) is 9.36. The van der Waals surface area contributed by atoms with Gasteiger partial charge >= 0.3 is 11.9 Å². The molecule has 0 rings (SSSR count). The van der Waals surface area contributed by atoms with Gasteiger partial charge in [-0.1, -0.05) is 104 Å². The second-order valence-electron chi connectivity index (χ2n) is 14.4. The van der Waals surface area contributed by atoms with E-state index in [0.717, 1.165) is 44.9 Å². The maximum Gasteiger partial charge on any atom is 0.326 e. The van der Waals surface area contributed by atoms with Crippen molar-refractivity contribution in [3.63, 3.8) is 0 Å². The number of carboxylic acid groups (broad SMARTS) is 2. The molecule has 0 radical (unpaired) electrons. The molecule has 15 heteroatoms. The second-order valence-corrected chi connectivity index (χ2v) is 14.4. The third kappa shape index (κ3) is 36.5. The van der Waals surface area contributed by atoms with Crippen LogP contribution in [-0.2, 0) is 47.7 Å². The molecule has 0 aromatic heterocycles. The lowest BCUT2D eigenvalue weighted by Gasteiger charge is -2.14. The summed E-state index contributed by atoms with van der Waals surface area (Å²) in [6, 6.07) is -1.13. The molecule has 0 saturated heterocycles. The predicted octanol–water partition coefficient (Wildman–Crippen LogP) is 5.36. The van der Waals surface area contributed by atoms with Crippen LogP contribution in [0.1, 0.15) is 149 Å². The van der Waals surface area contributed by atoms with Crippen molar-refractivity contribution < 1.29 is 57.9 Å². The molecule has 1 unspecified atom stereocenters. The first kappa shape index (κ1) is 52.9. The standard InChI is InChI=1S/C41H75N3O12/c1-3-34(2)36(45)32-55-30-28-54-27-25-43-39(48)33-56-31-29-53-26-24-42-37(46)23-22-35(41(51)52)44-38(47)20-18-16-14-12-10-8-6-4-5-7-9-11-13-15-17-19-21-40(49)50/h34-35H,3-33H2,1-2H3,(H,42,46)(H,43,48)(H,44,47)(H,49,50)(H,51,52)/t34?,35-/m0/s1. The van der Waals surface area contributed by atoms with E-state index in [-0.39, 0.29) is 94.7 Å². The Balaban J connectivity index is 3.65. The van der Waals surface area contributed by atoms with Crippen LogP contribution in [0.15, 0.2) is 0 Å². The fourth-order valence-corrected chi connectivity index (χ4v) is 5.65. The van der Waals surface area contributed by atoms with E-state index >= 15 is 0 Å². The number of carbonyl (C=O) groups is 6. The molecular weight excluding hydrogens is 726 g/mol. The number of aliphatic carboxylic acids is 2. The fraction of sp³-hybridized carbons (Fsp3) is 0.854. The minimum absolute atomic E-state index is 0.00871. The van der Waals surface area contributed by atoms with Gasteiger partial charge in [0, 0.05) is 38.3 Å². The molecule has 0 bridgehead atoms. The Hall–Kier alpha value is -3.14. The zero-order valence-corrected chi connectivity index (χ0v) is 34.6. The van der Waals surface area contributed by atoms with Crippen LogP contribution in [-0.4, -0.2) is 118 Å². The van der Waals surface area contributed by atoms with Crippen molar-refractivity contribution in [2.45, 2.75) is 155 Å². The van der Waals surface area contributed by atoms with E-state index in [1.807, 2.05) is 13.8 Å². The molecule has 56 heavy (non-hydrogen) atoms. The van der Waals surface area contributed by atoms with Crippen molar-refractivity contribution in [3.8, 4) is 0 Å². The molecule has 15 nitrogen and oxygen atoms in total. The molecular formula is C41H75N3O12. The van der Waals surface area contributed by atoms with Gasteiger partial charge in [0.05, 0.1) is 39.6 Å². The van der Waals surface area contributed by atoms with E-state index < -0.39 is 18.0 Å². The Morgan fingerprint density at radius 2 is 0.929 bits per heavy atom. The third-order valence-corrected chi connectivity index (χ3v) is 9.36. The summed E-state index contributed by atoms with van der Waals surface area (Å²) in [6.07, 6.45) is 19.2. The van der Waals surface area contributed by atoms with Crippen LogP contribution in [0.5, 0.6) is 0 Å². The number of ether oxygens (including phenoxy) is 4. The monoisotopic (exact) mass is 802 g/mol. The van der Waals surface area contributed by atoms with Crippen molar-refractivity contribution in [2.24, 2.45) is 5.92 Å². The topological polar surface area (TPSA) is 216 Å². The van der Waals surface area contributed by atoms with Gasteiger partial charge in [-0.25, -0.2) is 4.79 Å². The first-order valence-electron chi connectivity index (χ1n) is 21.2. The molecule has 3 amide bonds. The van der Waals surface area contributed by atoms with E-state index in [2.05, 4.69) is 16.0 Å². The average molecular weight is 802 g/mol. The van der Waals surface area contributed by atoms with Gasteiger partial charge in [0.1, 0.15) is 19.3 Å². The summed E-state index contributed by atoms with van der Waals surface area (Å²) in [5, 5.41) is 26.0. The Bertz CT molecular complexity index is 1050. The Labute approximate surface area is 335 Å². The molecule has 0 aliphatic heterocycles. The summed E-state index contributed by atoms with van der Waals surface area (Å²) in [7, 11) is 0. The largest absolute Gasteiger partial charge is 0.481 e. The maximum absolute atomic E-state index is 12.3. The van der Waals surface area contributed by atoms with Gasteiger partial charge in [-0.3, -0.25) is 24.0 Å². The van der Waals surface area contributed by atoms with Gasteiger partial charge < -0.3 is 45.1 Å². The maximum atomic E-state index is 12.3. The number of carbonyl (C=O) groups excluding carboxylic acids is 4. The SMILES string of the molecule is CCC(C)C(=O)COCCOCCNC(=O)COCCOCCNC(=O)CC[C@H](NC(=O)CCCCCCCCCCCCCCCCCCC(=O)O)C(=O)O. The van der Waals surface area contributed by atoms with Crippen molar-refractivity contribution in [1.82, 2.24) is 16.0 Å². The molecule has 0 spiro atoms. The lowest BCUT2D eigenvalue weighted by molar-refractivity contribution is -0.142. The lowest BCUT2D eigenvalue weighted by Crippen LogP contribution is -2.41. The van der Waals surface area contributed by atoms with Crippen molar-refractivity contribution in [3.05, 3.63) is 0 Å². The summed E-state index contributed by atoms with van der Waals surface area (Å²) >= 11 is 0. The van der Waals surface area contributed by atoms with E-state index in [1.54, 1.807) is 0 Å². The second kappa shape index (κ2) is 38.7. The molecule has 326 valence electrons. The number of hydrogen-bond acceptors (Lipinski definition) is 10. The number of carboxylic acids is 2. The number of hydrogen-bond donors (Lipinski definition) is 5. The first-order chi connectivity index (χ1) is 27.1. The molecule has 0 fully saturated rings. The zero-order chi connectivity index (χ0) is 41.5. The summed E-state index contributed by atoms with van der Waals surface area (Å²) < 4.78 is 21.3. The molecule has 0 saturated carbocycles. The van der Waals surface area contributed by atoms with Crippen molar-refractivity contribution in [2.75, 3.05) is 65.9 Å². The van der Waals surface area contributed by atoms with Crippen LogP contribution in [0.3, 0.4) is 0 Å². The van der Waals surface area contributed by atoms with Crippen molar-refractivity contribution in [1.29, 1.82) is 0 Å². The first-order valence-corrected chi connectivity index (χ1v) is 21.2. The molecule has 5 N–H and O–H groups in total. The van der Waals surface area contributed by atoms with E-state index in [4.69, 9.17) is 24.1 Å². The Morgan fingerprint density at radius 1 is 0.500 bits per heavy atom. The number of nitrogens with one attached hydrogen (secondary N) is 3. The average Bonchev–Trinajstić information content (AvgIpc) is 3.17. The van der Waals surface area contributed by atoms with Gasteiger partial charge in [0.2, 0.25) is 17.7 Å². The number of rotatable bonds is 42. The quantitative estimate of drug-likeness (QED) is 0.0494. The van der Waals surface area contributed by atoms with Crippen LogP contribution >= 0.6 is 0 Å². The van der Waals surface area contributed by atoms with Crippen LogP contribution in [0.2, 0.25) is 0 Å². The molecule has 0 aliphatic carbocycles. The van der Waals surface area contributed by atoms with Gasteiger partial charge in [-0.05, 0) is 25.7 Å². The Kier molecular flexibility index (Phi) is 36.5. The fourth-order valence-electron chi connectivity index (χ4n) is 5.65. The molecule has 0 aromatic rings. The van der Waals surface area contributed by atoms with Crippen molar-refractivity contribution >= 4 is 35.4 Å². The predicted molar refractivity (Wildman–Crippen MR) is 213 cm³/mol. The van der Waals surface area contributed by atoms with E-state index in [1.165, 1.54) is 57.8 Å². The highest BCUT2D eigenvalue weighted by Crippen LogP contribution is 2.14. The number of unbranched alkanes of at least 4 members (excludes halogenated alkanes) is 15. The molecule has 2 atom stereocenters. The van der Waals surface area contributed by atoms with E-state index in [9.17, 15) is 33.9 Å². The Morgan fingerprint density at radius 3 is 1.39 bits per heavy atom. The van der Waals surface area contributed by atoms with Gasteiger partial charge in [-0.15, -0.1) is 0 Å². The summed E-state index contributed by atoms with van der Waals surface area (Å²) in [4.78, 5) is 70.1. The summed E-state index contributed by atoms with van der Waals surface area (Å²) in [5.74, 6) is -2.76. The number of amides is 3.